The quantitative estimate of drug-likeness (QED) is 0.400. The molecular weight excluding hydrogens is 542 g/mol. The Labute approximate surface area is 242 Å². The number of carbonyl (C=O) groups is 6. The van der Waals surface area contributed by atoms with Gasteiger partial charge in [0.25, 0.3) is 0 Å². The maximum Gasteiger partial charge on any atom is 0.235 e. The minimum Gasteiger partial charge on any atom is -0.507 e. The number of amides is 1. The predicted octanol–water partition coefficient (Wildman–Crippen LogP) is 0.841. The average molecular weight is 576 g/mol. The Morgan fingerprint density at radius 3 is 2.40 bits per heavy atom. The normalized spacial score (nSPS) is 28.7. The van der Waals surface area contributed by atoms with E-state index in [0.29, 0.717) is 28.8 Å². The van der Waals surface area contributed by atoms with Gasteiger partial charge in [0, 0.05) is 36.2 Å². The Hall–Kier alpha value is -4.09. The van der Waals surface area contributed by atoms with Gasteiger partial charge in [-0.1, -0.05) is 19.1 Å². The van der Waals surface area contributed by atoms with Crippen LogP contribution in [0.1, 0.15) is 47.8 Å². The highest BCUT2D eigenvalue weighted by Gasteiger charge is 2.69. The molecule has 1 heterocycles. The van der Waals surface area contributed by atoms with E-state index in [0.717, 1.165) is 6.42 Å². The molecule has 0 aliphatic heterocycles. The van der Waals surface area contributed by atoms with Crippen molar-refractivity contribution in [3.63, 3.8) is 0 Å². The molecule has 6 atom stereocenters. The summed E-state index contributed by atoms with van der Waals surface area (Å²) in [6, 6.07) is 5.33. The number of fused-ring (bicyclic) bond motifs is 3. The fraction of sp³-hybridized carbons (Fsp3) is 0.452. The SMILES string of the molecule is CCCC(=O)Cc1ccc(-c2ccc(O)c3c2CC2CC4C(N(C)C)C(=O)C(C(N)=O)C(=O)C4(O)C(=O)C2C3=O)cn1. The van der Waals surface area contributed by atoms with Crippen LogP contribution in [0.15, 0.2) is 30.5 Å². The minimum absolute atomic E-state index is 0.0320. The Morgan fingerprint density at radius 1 is 1.10 bits per heavy atom. The first kappa shape index (κ1) is 29.4. The van der Waals surface area contributed by atoms with Crippen LogP contribution in [0.2, 0.25) is 0 Å². The fourth-order valence-corrected chi connectivity index (χ4v) is 7.13. The zero-order valence-electron chi connectivity index (χ0n) is 23.6. The lowest BCUT2D eigenvalue weighted by atomic mass is 9.52. The van der Waals surface area contributed by atoms with Gasteiger partial charge in [-0.25, -0.2) is 0 Å². The number of aliphatic hydroxyl groups is 1. The second-order valence-electron chi connectivity index (χ2n) is 11.8. The molecule has 0 radical (unpaired) electrons. The lowest BCUT2D eigenvalue weighted by molar-refractivity contribution is -0.181. The van der Waals surface area contributed by atoms with Crippen LogP contribution < -0.4 is 5.73 Å². The number of benzene rings is 1. The molecule has 4 N–H and O–H groups in total. The highest BCUT2D eigenvalue weighted by molar-refractivity contribution is 6.32. The molecule has 0 saturated heterocycles. The van der Waals surface area contributed by atoms with Gasteiger partial charge in [-0.05, 0) is 62.5 Å². The third kappa shape index (κ3) is 4.38. The van der Waals surface area contributed by atoms with Gasteiger partial charge in [-0.2, -0.15) is 0 Å². The number of aromatic hydroxyl groups is 1. The predicted molar refractivity (Wildman–Crippen MR) is 148 cm³/mol. The van der Waals surface area contributed by atoms with E-state index in [1.807, 2.05) is 6.92 Å². The Morgan fingerprint density at radius 2 is 1.81 bits per heavy atom. The van der Waals surface area contributed by atoms with Crippen molar-refractivity contribution in [2.45, 2.75) is 50.7 Å². The van der Waals surface area contributed by atoms with Gasteiger partial charge in [-0.3, -0.25) is 38.7 Å². The van der Waals surface area contributed by atoms with Crippen molar-refractivity contribution in [2.24, 2.45) is 29.4 Å². The van der Waals surface area contributed by atoms with Gasteiger partial charge in [0.15, 0.2) is 34.7 Å². The van der Waals surface area contributed by atoms with Crippen LogP contribution in [0.5, 0.6) is 5.75 Å². The number of phenolic OH excluding ortho intramolecular Hbond substituents is 1. The van der Waals surface area contributed by atoms with E-state index >= 15 is 0 Å². The van der Waals surface area contributed by atoms with Crippen molar-refractivity contribution in [3.8, 4) is 16.9 Å². The van der Waals surface area contributed by atoms with Crippen molar-refractivity contribution < 1.29 is 39.0 Å². The van der Waals surface area contributed by atoms with Gasteiger partial charge >= 0.3 is 0 Å². The maximum atomic E-state index is 13.9. The maximum absolute atomic E-state index is 13.9. The van der Waals surface area contributed by atoms with E-state index in [9.17, 15) is 39.0 Å². The summed E-state index contributed by atoms with van der Waals surface area (Å²) in [4.78, 5) is 84.5. The lowest BCUT2D eigenvalue weighted by Gasteiger charge is -2.52. The summed E-state index contributed by atoms with van der Waals surface area (Å²) in [6.07, 6.45) is 3.12. The van der Waals surface area contributed by atoms with Crippen LogP contribution in [0.3, 0.4) is 0 Å². The second kappa shape index (κ2) is 10.6. The molecule has 3 aliphatic carbocycles. The summed E-state index contributed by atoms with van der Waals surface area (Å²) >= 11 is 0. The molecule has 42 heavy (non-hydrogen) atoms. The monoisotopic (exact) mass is 575 g/mol. The number of rotatable bonds is 7. The summed E-state index contributed by atoms with van der Waals surface area (Å²) in [7, 11) is 3.08. The molecule has 1 aromatic heterocycles. The Bertz CT molecular complexity index is 1530. The molecule has 220 valence electrons. The Kier molecular flexibility index (Phi) is 7.44. The van der Waals surface area contributed by atoms with Crippen LogP contribution >= 0.6 is 0 Å². The summed E-state index contributed by atoms with van der Waals surface area (Å²) in [5.41, 5.74) is 4.85. The number of aromatic nitrogens is 1. The smallest absolute Gasteiger partial charge is 0.235 e. The third-order valence-electron chi connectivity index (χ3n) is 8.99. The summed E-state index contributed by atoms with van der Waals surface area (Å²) in [5.74, 6) is -10.8. The van der Waals surface area contributed by atoms with Crippen LogP contribution in [0.25, 0.3) is 11.1 Å². The van der Waals surface area contributed by atoms with Crippen molar-refractivity contribution >= 4 is 34.8 Å². The molecule has 3 aliphatic rings. The zero-order valence-corrected chi connectivity index (χ0v) is 23.6. The molecule has 5 rings (SSSR count). The van der Waals surface area contributed by atoms with Crippen LogP contribution in [-0.2, 0) is 36.8 Å². The molecule has 2 aromatic rings. The fourth-order valence-electron chi connectivity index (χ4n) is 7.13. The van der Waals surface area contributed by atoms with Crippen LogP contribution in [-0.4, -0.2) is 80.7 Å². The number of hydrogen-bond donors (Lipinski definition) is 3. The van der Waals surface area contributed by atoms with Crippen LogP contribution in [0.4, 0.5) is 0 Å². The largest absolute Gasteiger partial charge is 0.507 e. The van der Waals surface area contributed by atoms with Crippen molar-refractivity contribution in [1.82, 2.24) is 9.88 Å². The van der Waals surface area contributed by atoms with Crippen molar-refractivity contribution in [1.29, 1.82) is 0 Å². The number of hydrogen-bond acceptors (Lipinski definition) is 10. The van der Waals surface area contributed by atoms with E-state index in [1.54, 1.807) is 24.4 Å². The minimum atomic E-state index is -2.76. The zero-order chi connectivity index (χ0) is 30.7. The number of carbonyl (C=O) groups excluding carboxylic acids is 6. The number of pyridine rings is 1. The molecule has 0 bridgehead atoms. The second-order valence-corrected chi connectivity index (χ2v) is 11.8. The van der Waals surface area contributed by atoms with Crippen LogP contribution in [0, 0.1) is 23.7 Å². The third-order valence-corrected chi connectivity index (χ3v) is 8.99. The first-order valence-corrected chi connectivity index (χ1v) is 14.0. The summed E-state index contributed by atoms with van der Waals surface area (Å²) in [6.45, 7) is 1.93. The van der Waals surface area contributed by atoms with E-state index in [4.69, 9.17) is 5.73 Å². The molecule has 2 saturated carbocycles. The highest BCUT2D eigenvalue weighted by Crippen LogP contribution is 2.51. The van der Waals surface area contributed by atoms with Gasteiger partial charge in [0.2, 0.25) is 5.91 Å². The molecule has 11 nitrogen and oxygen atoms in total. The first-order chi connectivity index (χ1) is 19.8. The number of nitrogens with two attached hydrogens (primary N) is 1. The molecular formula is C31H33N3O8. The van der Waals surface area contributed by atoms with Gasteiger partial charge < -0.3 is 15.9 Å². The van der Waals surface area contributed by atoms with Crippen molar-refractivity contribution in [2.75, 3.05) is 14.1 Å². The van der Waals surface area contributed by atoms with E-state index in [2.05, 4.69) is 4.98 Å². The number of primary amides is 1. The number of likely N-dealkylation sites (N-methyl/N-ethyl adjacent to an activating group) is 1. The van der Waals surface area contributed by atoms with Gasteiger partial charge in [-0.15, -0.1) is 0 Å². The number of ketones is 5. The van der Waals surface area contributed by atoms with Gasteiger partial charge in [0.05, 0.1) is 17.5 Å². The van der Waals surface area contributed by atoms with E-state index < -0.39 is 64.4 Å². The molecule has 1 amide bonds. The molecule has 1 aromatic carbocycles. The molecule has 0 spiro atoms. The van der Waals surface area contributed by atoms with Gasteiger partial charge in [0.1, 0.15) is 11.5 Å². The van der Waals surface area contributed by atoms with E-state index in [1.165, 1.54) is 25.1 Å². The van der Waals surface area contributed by atoms with Crippen molar-refractivity contribution in [3.05, 3.63) is 47.3 Å². The number of nitrogens with zero attached hydrogens (tertiary/aromatic N) is 2. The molecule has 6 unspecified atom stereocenters. The summed E-state index contributed by atoms with van der Waals surface area (Å²) < 4.78 is 0. The first-order valence-electron chi connectivity index (χ1n) is 14.0. The average Bonchev–Trinajstić information content (AvgIpc) is 2.91. The number of phenols is 1. The Balaban J connectivity index is 1.56. The topological polar surface area (TPSA) is 185 Å². The molecule has 11 heteroatoms. The summed E-state index contributed by atoms with van der Waals surface area (Å²) in [5, 5.41) is 22.4. The number of Topliss-reactive ketones (excluding diaryl/α,β-unsaturated/α-hetero) is 5. The standard InChI is InChI=1S/C31H33N3O8/c1-4-5-17(35)12-16-7-6-14(13-33-16)18-8-9-21(36)23-19(18)10-15-11-20-25(34(2)3)27(38)24(30(32)41)29(40)31(20,42)28(39)22(15)26(23)37/h6-9,13,15,20,22,24-25,36,42H,4-5,10-12H2,1-3H3,(H2,32,41). The molecule has 2 fully saturated rings. The van der Waals surface area contributed by atoms with E-state index in [-0.39, 0.29) is 36.4 Å². The lowest BCUT2D eigenvalue weighted by Crippen LogP contribution is -2.74. The highest BCUT2D eigenvalue weighted by atomic mass is 16.3.